The monoisotopic (exact) mass is 460 g/mol. The minimum atomic E-state index is -0.298. The summed E-state index contributed by atoms with van der Waals surface area (Å²) in [6.45, 7) is 9.73. The van der Waals surface area contributed by atoms with Crippen molar-refractivity contribution in [3.05, 3.63) is 58.0 Å². The Morgan fingerprint density at radius 2 is 1.62 bits per heavy atom. The van der Waals surface area contributed by atoms with Crippen molar-refractivity contribution < 1.29 is 14.0 Å². The molecule has 1 aliphatic heterocycles. The van der Waals surface area contributed by atoms with Crippen LogP contribution >= 0.6 is 11.3 Å². The molecule has 0 aliphatic carbocycles. The number of hydrogen-bond acceptors (Lipinski definition) is 5. The van der Waals surface area contributed by atoms with Crippen LogP contribution in [0.2, 0.25) is 0 Å². The van der Waals surface area contributed by atoms with Crippen molar-refractivity contribution in [1.82, 2.24) is 20.4 Å². The molecule has 1 fully saturated rings. The van der Waals surface area contributed by atoms with Crippen LogP contribution < -0.4 is 10.6 Å². The number of thiophene rings is 1. The third-order valence-electron chi connectivity index (χ3n) is 5.27. The van der Waals surface area contributed by atoms with Gasteiger partial charge in [-0.2, -0.15) is 0 Å². The van der Waals surface area contributed by atoms with E-state index in [4.69, 9.17) is 0 Å². The Bertz CT molecular complexity index is 880. The Morgan fingerprint density at radius 3 is 2.19 bits per heavy atom. The van der Waals surface area contributed by atoms with Crippen LogP contribution in [0, 0.1) is 5.82 Å². The molecule has 2 heterocycles. The molecule has 1 unspecified atom stereocenters. The van der Waals surface area contributed by atoms with Gasteiger partial charge in [0.15, 0.2) is 0 Å². The molecule has 1 aromatic heterocycles. The Balaban J connectivity index is 1.54. The Labute approximate surface area is 193 Å². The van der Waals surface area contributed by atoms with E-state index in [0.717, 1.165) is 43.0 Å². The molecule has 6 nitrogen and oxygen atoms in total. The molecule has 174 valence electrons. The number of halogens is 1. The first-order valence-corrected chi connectivity index (χ1v) is 11.9. The van der Waals surface area contributed by atoms with E-state index in [9.17, 15) is 14.0 Å². The summed E-state index contributed by atoms with van der Waals surface area (Å²) in [6, 6.07) is 9.89. The second-order valence-corrected chi connectivity index (χ2v) is 10.3. The van der Waals surface area contributed by atoms with Crippen molar-refractivity contribution in [2.75, 3.05) is 39.3 Å². The van der Waals surface area contributed by atoms with E-state index >= 15 is 0 Å². The lowest BCUT2D eigenvalue weighted by molar-refractivity contribution is -0.124. The number of benzene rings is 1. The fourth-order valence-corrected chi connectivity index (χ4v) is 4.64. The maximum atomic E-state index is 13.4. The Morgan fingerprint density at radius 1 is 1.00 bits per heavy atom. The van der Waals surface area contributed by atoms with E-state index in [1.807, 2.05) is 38.3 Å². The summed E-state index contributed by atoms with van der Waals surface area (Å²) in [4.78, 5) is 30.4. The summed E-state index contributed by atoms with van der Waals surface area (Å²) in [5.41, 5.74) is 0.616. The van der Waals surface area contributed by atoms with E-state index < -0.39 is 0 Å². The molecule has 32 heavy (non-hydrogen) atoms. The van der Waals surface area contributed by atoms with Gasteiger partial charge in [0, 0.05) is 23.5 Å². The van der Waals surface area contributed by atoms with Crippen LogP contribution in [-0.2, 0) is 9.59 Å². The molecule has 0 bridgehead atoms. The number of rotatable bonds is 7. The lowest BCUT2D eigenvalue weighted by Crippen LogP contribution is -2.46. The summed E-state index contributed by atoms with van der Waals surface area (Å²) in [5.74, 6) is -0.330. The number of amides is 2. The van der Waals surface area contributed by atoms with Gasteiger partial charge < -0.3 is 10.6 Å². The predicted octanol–water partition coefficient (Wildman–Crippen LogP) is 3.02. The maximum Gasteiger partial charge on any atom is 0.234 e. The van der Waals surface area contributed by atoms with Gasteiger partial charge in [-0.25, -0.2) is 4.39 Å². The lowest BCUT2D eigenvalue weighted by Gasteiger charge is -2.25. The van der Waals surface area contributed by atoms with Gasteiger partial charge in [0.05, 0.1) is 19.1 Å². The molecule has 1 aromatic carbocycles. The van der Waals surface area contributed by atoms with Crippen molar-refractivity contribution in [3.8, 4) is 0 Å². The van der Waals surface area contributed by atoms with Gasteiger partial charge in [0.1, 0.15) is 5.82 Å². The average molecular weight is 461 g/mol. The predicted molar refractivity (Wildman–Crippen MR) is 126 cm³/mol. The molecular formula is C24H33FN4O2S. The number of hydrogen-bond donors (Lipinski definition) is 2. The molecule has 2 amide bonds. The van der Waals surface area contributed by atoms with Gasteiger partial charge in [-0.05, 0) is 69.4 Å². The number of nitrogens with one attached hydrogen (secondary N) is 2. The highest BCUT2D eigenvalue weighted by Crippen LogP contribution is 2.26. The lowest BCUT2D eigenvalue weighted by atomic mass is 10.1. The third-order valence-corrected chi connectivity index (χ3v) is 6.20. The van der Waals surface area contributed by atoms with Crippen LogP contribution in [0.1, 0.15) is 43.7 Å². The highest BCUT2D eigenvalue weighted by Gasteiger charge is 2.23. The van der Waals surface area contributed by atoms with E-state index in [1.165, 1.54) is 12.1 Å². The van der Waals surface area contributed by atoms with E-state index in [0.29, 0.717) is 13.1 Å². The van der Waals surface area contributed by atoms with Crippen LogP contribution in [0.5, 0.6) is 0 Å². The van der Waals surface area contributed by atoms with Crippen molar-refractivity contribution in [2.24, 2.45) is 0 Å². The molecule has 1 aliphatic rings. The van der Waals surface area contributed by atoms with Gasteiger partial charge in [0.25, 0.3) is 0 Å². The normalized spacial score (nSPS) is 16.9. The van der Waals surface area contributed by atoms with Gasteiger partial charge >= 0.3 is 0 Å². The standard InChI is InChI=1S/C24H33FN4O2S/c1-24(2,3)27-22(31)17-29-12-5-11-28(13-14-29)16-21(30)26-23(20-6-4-15-32-20)18-7-9-19(25)10-8-18/h4,6-10,15,23H,5,11-14,16-17H2,1-3H3,(H,26,30)(H,27,31). The van der Waals surface area contributed by atoms with Crippen molar-refractivity contribution >= 4 is 23.2 Å². The maximum absolute atomic E-state index is 13.4. The smallest absolute Gasteiger partial charge is 0.234 e. The summed E-state index contributed by atoms with van der Waals surface area (Å²) in [5, 5.41) is 8.09. The van der Waals surface area contributed by atoms with Crippen LogP contribution in [0.3, 0.4) is 0 Å². The van der Waals surface area contributed by atoms with E-state index in [-0.39, 0.29) is 29.2 Å². The minimum Gasteiger partial charge on any atom is -0.350 e. The van der Waals surface area contributed by atoms with Gasteiger partial charge in [-0.15, -0.1) is 11.3 Å². The number of carbonyl (C=O) groups is 2. The van der Waals surface area contributed by atoms with Crippen molar-refractivity contribution in [3.63, 3.8) is 0 Å². The second-order valence-electron chi connectivity index (χ2n) is 9.27. The van der Waals surface area contributed by atoms with Crippen LogP contribution in [-0.4, -0.2) is 66.4 Å². The molecule has 1 atom stereocenters. The zero-order valence-electron chi connectivity index (χ0n) is 19.1. The molecule has 0 radical (unpaired) electrons. The van der Waals surface area contributed by atoms with Crippen LogP contribution in [0.15, 0.2) is 41.8 Å². The average Bonchev–Trinajstić information content (AvgIpc) is 3.15. The summed E-state index contributed by atoms with van der Waals surface area (Å²) >= 11 is 1.56. The Hall–Kier alpha value is -2.29. The fourth-order valence-electron chi connectivity index (χ4n) is 3.84. The molecule has 2 aromatic rings. The van der Waals surface area contributed by atoms with Gasteiger partial charge in [-0.3, -0.25) is 19.4 Å². The quantitative estimate of drug-likeness (QED) is 0.667. The molecule has 3 rings (SSSR count). The SMILES string of the molecule is CC(C)(C)NC(=O)CN1CCCN(CC(=O)NC(c2ccc(F)cc2)c2cccs2)CC1. The first-order valence-electron chi connectivity index (χ1n) is 11.0. The van der Waals surface area contributed by atoms with Crippen LogP contribution in [0.4, 0.5) is 4.39 Å². The summed E-state index contributed by atoms with van der Waals surface area (Å²) < 4.78 is 13.4. The largest absolute Gasteiger partial charge is 0.350 e. The third kappa shape index (κ3) is 7.69. The molecule has 8 heteroatoms. The second kappa shape index (κ2) is 11.0. The molecule has 2 N–H and O–H groups in total. The van der Waals surface area contributed by atoms with E-state index in [2.05, 4.69) is 20.4 Å². The zero-order chi connectivity index (χ0) is 23.1. The molecule has 0 spiro atoms. The zero-order valence-corrected chi connectivity index (χ0v) is 19.9. The Kier molecular flexibility index (Phi) is 8.39. The molecule has 0 saturated carbocycles. The summed E-state index contributed by atoms with van der Waals surface area (Å²) in [6.07, 6.45) is 0.905. The van der Waals surface area contributed by atoms with Crippen molar-refractivity contribution in [1.29, 1.82) is 0 Å². The highest BCUT2D eigenvalue weighted by molar-refractivity contribution is 7.10. The topological polar surface area (TPSA) is 64.7 Å². The first-order chi connectivity index (χ1) is 15.2. The van der Waals surface area contributed by atoms with Crippen molar-refractivity contribution in [2.45, 2.75) is 38.8 Å². The first kappa shape index (κ1) is 24.4. The van der Waals surface area contributed by atoms with E-state index in [1.54, 1.807) is 23.5 Å². The summed E-state index contributed by atoms with van der Waals surface area (Å²) in [7, 11) is 0. The molecular weight excluding hydrogens is 427 g/mol. The van der Waals surface area contributed by atoms with Crippen LogP contribution in [0.25, 0.3) is 0 Å². The highest BCUT2D eigenvalue weighted by atomic mass is 32.1. The molecule has 1 saturated heterocycles. The van der Waals surface area contributed by atoms with Gasteiger partial charge in [-0.1, -0.05) is 18.2 Å². The fraction of sp³-hybridized carbons (Fsp3) is 0.500. The number of carbonyl (C=O) groups excluding carboxylic acids is 2. The number of nitrogens with zero attached hydrogens (tertiary/aromatic N) is 2. The minimum absolute atomic E-state index is 0.0294. The van der Waals surface area contributed by atoms with Gasteiger partial charge in [0.2, 0.25) is 11.8 Å².